The Morgan fingerprint density at radius 3 is 2.21 bits per heavy atom. The topological polar surface area (TPSA) is 270 Å². The Morgan fingerprint density at radius 1 is 0.840 bits per heavy atom. The van der Waals surface area contributed by atoms with E-state index in [1.165, 1.54) is 0 Å². The summed E-state index contributed by atoms with van der Waals surface area (Å²) < 4.78 is 22.4. The number of carbonyl (C=O) groups is 3. The molecule has 1 aliphatic heterocycles. The first-order valence-corrected chi connectivity index (χ1v) is 28.7. The second-order valence-electron chi connectivity index (χ2n) is 20.2. The molecule has 19 heteroatoms. The van der Waals surface area contributed by atoms with E-state index in [9.17, 15) is 38.1 Å². The number of nitrogens with two attached hydrogens (primary N) is 1. The van der Waals surface area contributed by atoms with Crippen LogP contribution >= 0.6 is 11.3 Å². The maximum atomic E-state index is 13.4. The van der Waals surface area contributed by atoms with Crippen molar-refractivity contribution in [2.24, 2.45) is 16.0 Å². The molecule has 4 rings (SSSR count). The number of primary sulfonamides is 1. The number of nitrogens with one attached hydrogen (secondary N) is 3. The van der Waals surface area contributed by atoms with Gasteiger partial charge in [0.1, 0.15) is 12.2 Å². The lowest BCUT2D eigenvalue weighted by atomic mass is 9.79. The average molecular weight is 1080 g/mol. The molecule has 3 amide bonds. The minimum Gasteiger partial charge on any atom is -0.394 e. The number of rotatable bonds is 32. The van der Waals surface area contributed by atoms with Crippen LogP contribution in [0.1, 0.15) is 157 Å². The number of hydrogen-bond acceptors (Lipinski definition) is 14. The van der Waals surface area contributed by atoms with Crippen molar-refractivity contribution in [2.45, 2.75) is 159 Å². The van der Waals surface area contributed by atoms with E-state index in [1.807, 2.05) is 72.9 Å². The van der Waals surface area contributed by atoms with Crippen molar-refractivity contribution in [3.8, 4) is 0 Å². The van der Waals surface area contributed by atoms with E-state index in [2.05, 4.69) is 78.7 Å². The fourth-order valence-electron chi connectivity index (χ4n) is 8.73. The SMILES string of the molecule is CCCCC\N=C(/C=C/C=C/C=C/C=C1/N(CCCCC)c2ccc(C(=O)NC[C@H](C)[C@@H](O)[C@H](O)[C@H](O)CO)cc2C1(C)C)C(C)(C)c1cccc(C(=O)NCCCCCCCC(=O)Nc2nnc(S(N)(=O)=O)s2)c1. The van der Waals surface area contributed by atoms with E-state index < -0.39 is 51.7 Å². The fourth-order valence-corrected chi connectivity index (χ4v) is 10.1. The predicted octanol–water partition coefficient (Wildman–Crippen LogP) is 7.78. The van der Waals surface area contributed by atoms with Crippen LogP contribution in [0, 0.1) is 5.92 Å². The second-order valence-corrected chi connectivity index (χ2v) is 22.9. The van der Waals surface area contributed by atoms with Crippen molar-refractivity contribution in [2.75, 3.05) is 43.0 Å². The predicted molar refractivity (Wildman–Crippen MR) is 300 cm³/mol. The molecule has 412 valence electrons. The molecule has 75 heavy (non-hydrogen) atoms. The summed E-state index contributed by atoms with van der Waals surface area (Å²) in [7, 11) is -3.97. The molecule has 1 aliphatic rings. The molecule has 17 nitrogen and oxygen atoms in total. The van der Waals surface area contributed by atoms with Gasteiger partial charge >= 0.3 is 0 Å². The third-order valence-corrected chi connectivity index (χ3v) is 15.6. The summed E-state index contributed by atoms with van der Waals surface area (Å²) in [6, 6.07) is 13.4. The zero-order chi connectivity index (χ0) is 55.2. The Labute approximate surface area is 448 Å². The summed E-state index contributed by atoms with van der Waals surface area (Å²) in [5.41, 5.74) is 5.21. The number of nitrogens with zero attached hydrogens (tertiary/aromatic N) is 4. The number of anilines is 2. The van der Waals surface area contributed by atoms with Crippen LogP contribution in [0.3, 0.4) is 0 Å². The van der Waals surface area contributed by atoms with Crippen LogP contribution in [0.4, 0.5) is 10.8 Å². The van der Waals surface area contributed by atoms with E-state index in [1.54, 1.807) is 13.0 Å². The van der Waals surface area contributed by atoms with Crippen LogP contribution in [0.5, 0.6) is 0 Å². The molecule has 9 N–H and O–H groups in total. The maximum absolute atomic E-state index is 13.4. The van der Waals surface area contributed by atoms with Crippen LogP contribution in [0.2, 0.25) is 0 Å². The molecule has 0 fully saturated rings. The molecule has 0 unspecified atom stereocenters. The number of unbranched alkanes of at least 4 members (excludes halogenated alkanes) is 8. The second kappa shape index (κ2) is 30.4. The molecule has 0 radical (unpaired) electrons. The largest absolute Gasteiger partial charge is 0.394 e. The van der Waals surface area contributed by atoms with E-state index >= 15 is 0 Å². The van der Waals surface area contributed by atoms with Gasteiger partial charge < -0.3 is 41.3 Å². The van der Waals surface area contributed by atoms with Crippen molar-refractivity contribution in [3.05, 3.63) is 113 Å². The molecule has 0 bridgehead atoms. The van der Waals surface area contributed by atoms with Crippen molar-refractivity contribution in [1.29, 1.82) is 0 Å². The first-order valence-electron chi connectivity index (χ1n) is 26.3. The number of hydrogen-bond donors (Lipinski definition) is 8. The monoisotopic (exact) mass is 1070 g/mol. The van der Waals surface area contributed by atoms with Crippen molar-refractivity contribution >= 4 is 55.6 Å². The minimum absolute atomic E-state index is 0.0594. The lowest BCUT2D eigenvalue weighted by molar-refractivity contribution is -0.116. The van der Waals surface area contributed by atoms with E-state index in [0.717, 1.165) is 99.0 Å². The van der Waals surface area contributed by atoms with Crippen LogP contribution in [0.25, 0.3) is 0 Å². The van der Waals surface area contributed by atoms with Gasteiger partial charge in [-0.25, -0.2) is 13.6 Å². The molecule has 4 atom stereocenters. The normalized spacial score (nSPS) is 16.2. The van der Waals surface area contributed by atoms with Crippen LogP contribution in [-0.4, -0.2) is 114 Å². The smallest absolute Gasteiger partial charge is 0.267 e. The van der Waals surface area contributed by atoms with Crippen molar-refractivity contribution < 1.29 is 43.2 Å². The van der Waals surface area contributed by atoms with Crippen molar-refractivity contribution in [1.82, 2.24) is 20.8 Å². The maximum Gasteiger partial charge on any atom is 0.267 e. The number of aliphatic hydroxyl groups is 4. The average Bonchev–Trinajstić information content (AvgIpc) is 3.95. The molecule has 0 spiro atoms. The number of allylic oxidation sites excluding steroid dienone is 8. The number of aliphatic hydroxyl groups excluding tert-OH is 4. The number of sulfonamides is 1. The zero-order valence-corrected chi connectivity index (χ0v) is 46.6. The number of carbonyl (C=O) groups excluding carboxylic acids is 3. The van der Waals surface area contributed by atoms with Gasteiger partial charge in [-0.1, -0.05) is 147 Å². The molecule has 2 heterocycles. The Morgan fingerprint density at radius 2 is 1.51 bits per heavy atom. The fraction of sp³-hybridized carbons (Fsp3) is 0.536. The highest BCUT2D eigenvalue weighted by molar-refractivity contribution is 7.91. The molecular formula is C56H82N8O9S2. The quantitative estimate of drug-likeness (QED) is 0.0129. The van der Waals surface area contributed by atoms with Gasteiger partial charge in [0.05, 0.1) is 12.7 Å². The lowest BCUT2D eigenvalue weighted by Gasteiger charge is -2.27. The summed E-state index contributed by atoms with van der Waals surface area (Å²) >= 11 is 0.706. The molecular weight excluding hydrogens is 993 g/mol. The van der Waals surface area contributed by atoms with Crippen molar-refractivity contribution in [3.63, 3.8) is 0 Å². The standard InChI is InChI=1S/C56H82N8O9S2/c1-8-10-21-32-58-46(55(4,5)42-26-24-25-40(35-42)51(70)59-33-22-17-13-16-20-29-48(67)61-53-62-63-54(74-53)75(57,72)73)27-18-14-12-15-19-28-47-56(6,7)43-36-41(30-31-44(43)64(47)34-23-11-9-2)52(71)60-37-39(3)49(68)50(69)45(66)38-65/h12,14-15,18-19,24-28,30-31,35-36,39,45,49-50,65-66,68-69H,8-11,13,16-17,20-23,29,32-34,37-38H2,1-7H3,(H,59,70)(H,60,71)(H2,57,72,73)(H,61,62,67)/b14-12+,19-15+,27-18+,47-28+,58-46+/t39-,45+,49+,50+/m0/s1. The third-order valence-electron chi connectivity index (χ3n) is 13.5. The summed E-state index contributed by atoms with van der Waals surface area (Å²) in [6.07, 6.45) is 20.5. The Bertz CT molecular complexity index is 2610. The molecule has 2 aromatic carbocycles. The number of fused-ring (bicyclic) bond motifs is 1. The van der Waals surface area contributed by atoms with Gasteiger partial charge in [0.25, 0.3) is 21.8 Å². The van der Waals surface area contributed by atoms with E-state index in [-0.39, 0.29) is 40.2 Å². The number of aromatic nitrogens is 2. The van der Waals surface area contributed by atoms with E-state index in [0.29, 0.717) is 42.0 Å². The minimum atomic E-state index is -3.97. The first kappa shape index (κ1) is 62.1. The molecule has 0 saturated carbocycles. The molecule has 3 aromatic rings. The highest BCUT2D eigenvalue weighted by Gasteiger charge is 2.40. The molecule has 0 saturated heterocycles. The van der Waals surface area contributed by atoms with Gasteiger partial charge in [0, 0.05) is 77.6 Å². The number of benzene rings is 2. The van der Waals surface area contributed by atoms with Gasteiger partial charge in [-0.2, -0.15) is 0 Å². The van der Waals surface area contributed by atoms with Gasteiger partial charge in [-0.15, -0.1) is 10.2 Å². The van der Waals surface area contributed by atoms with Crippen LogP contribution < -0.4 is 26.0 Å². The molecule has 1 aromatic heterocycles. The van der Waals surface area contributed by atoms with E-state index in [4.69, 9.17) is 15.2 Å². The summed E-state index contributed by atoms with van der Waals surface area (Å²) in [5, 5.41) is 60.2. The van der Waals surface area contributed by atoms with Gasteiger partial charge in [0.15, 0.2) is 0 Å². The summed E-state index contributed by atoms with van der Waals surface area (Å²) in [4.78, 5) is 46.4. The highest BCUT2D eigenvalue weighted by atomic mass is 32.2. The number of aliphatic imine (C=N–C) groups is 1. The number of amides is 3. The zero-order valence-electron chi connectivity index (χ0n) is 44.9. The Kier molecular flexibility index (Phi) is 25.2. The summed E-state index contributed by atoms with van der Waals surface area (Å²) in [5.74, 6) is -1.32. The molecule has 0 aliphatic carbocycles. The Balaban J connectivity index is 1.36. The third kappa shape index (κ3) is 18.7. The Hall–Kier alpha value is -5.41. The highest BCUT2D eigenvalue weighted by Crippen LogP contribution is 2.48. The first-order chi connectivity index (χ1) is 35.7. The van der Waals surface area contributed by atoms with Gasteiger partial charge in [-0.05, 0) is 79.3 Å². The van der Waals surface area contributed by atoms with Gasteiger partial charge in [0.2, 0.25) is 15.4 Å². The van der Waals surface area contributed by atoms with Gasteiger partial charge in [-0.3, -0.25) is 19.4 Å². The lowest BCUT2D eigenvalue weighted by Crippen LogP contribution is -2.45. The van der Waals surface area contributed by atoms with Crippen LogP contribution in [-0.2, 0) is 25.6 Å². The van der Waals surface area contributed by atoms with Crippen LogP contribution in [0.15, 0.2) is 100 Å². The summed E-state index contributed by atoms with van der Waals surface area (Å²) in [6.45, 7) is 16.0.